The third kappa shape index (κ3) is 2.85. The van der Waals surface area contributed by atoms with Gasteiger partial charge in [0.2, 0.25) is 8.32 Å². The van der Waals surface area contributed by atoms with Crippen molar-refractivity contribution in [3.8, 4) is 5.75 Å². The zero-order chi connectivity index (χ0) is 10.8. The molecule has 0 fully saturated rings. The van der Waals surface area contributed by atoms with Gasteiger partial charge in [0.25, 0.3) is 0 Å². The van der Waals surface area contributed by atoms with Crippen molar-refractivity contribution in [3.05, 3.63) is 30.3 Å². The van der Waals surface area contributed by atoms with Crippen molar-refractivity contribution in [2.75, 3.05) is 0 Å². The minimum Gasteiger partial charge on any atom is -0.544 e. The Labute approximate surface area is 90.4 Å². The van der Waals surface area contributed by atoms with Gasteiger partial charge in [-0.3, -0.25) is 0 Å². The molecule has 0 spiro atoms. The summed E-state index contributed by atoms with van der Waals surface area (Å²) in [4.78, 5) is 0. The van der Waals surface area contributed by atoms with Crippen LogP contribution >= 0.6 is 0 Å². The predicted molar refractivity (Wildman–Crippen MR) is 65.9 cm³/mol. The maximum absolute atomic E-state index is 5.92. The maximum atomic E-state index is 5.92. The molecule has 0 aliphatic heterocycles. The Bertz CT molecular complexity index is 340. The lowest BCUT2D eigenvalue weighted by Gasteiger charge is -2.21. The van der Waals surface area contributed by atoms with E-state index < -0.39 is 8.32 Å². The van der Waals surface area contributed by atoms with Crippen LogP contribution in [0.3, 0.4) is 0 Å². The van der Waals surface area contributed by atoms with Gasteiger partial charge in [0.1, 0.15) is 5.75 Å². The average molecular weight is 219 g/mol. The Hall–Kier alpha value is -0.806. The fourth-order valence-corrected chi connectivity index (χ4v) is 2.38. The second-order valence-electron chi connectivity index (χ2n) is 4.14. The summed E-state index contributed by atoms with van der Waals surface area (Å²) in [6, 6.07) is 5.97. The maximum Gasteiger partial charge on any atom is 0.242 e. The largest absolute Gasteiger partial charge is 0.544 e. The standard InChI is InChI=1S/C11H15OSi2/c1-5-9-7-6-8-10(11(9)13)12-14(2,3)4/h5-8H,1H2,2-4H3. The summed E-state index contributed by atoms with van der Waals surface area (Å²) < 4.78 is 5.92. The van der Waals surface area contributed by atoms with Crippen LogP contribution in [0.15, 0.2) is 24.8 Å². The highest BCUT2D eigenvalue weighted by molar-refractivity contribution is 6.70. The van der Waals surface area contributed by atoms with Crippen LogP contribution in [0.5, 0.6) is 5.75 Å². The molecule has 73 valence electrons. The van der Waals surface area contributed by atoms with E-state index in [0.29, 0.717) is 0 Å². The van der Waals surface area contributed by atoms with Crippen LogP contribution in [0.2, 0.25) is 19.6 Å². The lowest BCUT2D eigenvalue weighted by Crippen LogP contribution is -2.32. The van der Waals surface area contributed by atoms with E-state index in [1.54, 1.807) is 0 Å². The van der Waals surface area contributed by atoms with E-state index in [0.717, 1.165) is 16.5 Å². The van der Waals surface area contributed by atoms with Crippen molar-refractivity contribution in [1.82, 2.24) is 0 Å². The van der Waals surface area contributed by atoms with E-state index in [4.69, 9.17) is 4.43 Å². The van der Waals surface area contributed by atoms with Gasteiger partial charge < -0.3 is 4.43 Å². The predicted octanol–water partition coefficient (Wildman–Crippen LogP) is 2.34. The van der Waals surface area contributed by atoms with Crippen LogP contribution in [0, 0.1) is 0 Å². The second kappa shape index (κ2) is 4.15. The number of hydrogen-bond donors (Lipinski definition) is 0. The SMILES string of the molecule is C=Cc1cccc(O[Si](C)(C)C)c1[Si]. The molecule has 1 nitrogen and oxygen atoms in total. The Balaban J connectivity index is 3.04. The fourth-order valence-electron chi connectivity index (χ4n) is 1.13. The molecule has 0 N–H and O–H groups in total. The summed E-state index contributed by atoms with van der Waals surface area (Å²) in [6.07, 6.45) is 1.82. The number of hydrogen-bond acceptors (Lipinski definition) is 1. The summed E-state index contributed by atoms with van der Waals surface area (Å²) >= 11 is 0. The molecule has 3 heteroatoms. The Morgan fingerprint density at radius 1 is 1.36 bits per heavy atom. The number of benzene rings is 1. The highest BCUT2D eigenvalue weighted by Crippen LogP contribution is 2.15. The summed E-state index contributed by atoms with van der Waals surface area (Å²) in [7, 11) is 2.04. The molecular formula is C11H15OSi2. The van der Waals surface area contributed by atoms with Gasteiger partial charge in [-0.15, -0.1) is 0 Å². The van der Waals surface area contributed by atoms with Crippen LogP contribution in [-0.4, -0.2) is 18.6 Å². The highest BCUT2D eigenvalue weighted by Gasteiger charge is 2.17. The average Bonchev–Trinajstić information content (AvgIpc) is 2.06. The minimum absolute atomic E-state index is 0.915. The zero-order valence-electron chi connectivity index (χ0n) is 8.92. The second-order valence-corrected chi connectivity index (χ2v) is 9.07. The summed E-state index contributed by atoms with van der Waals surface area (Å²) in [6.45, 7) is 10.3. The molecule has 0 atom stereocenters. The van der Waals surface area contributed by atoms with Crippen molar-refractivity contribution in [2.24, 2.45) is 0 Å². The Kier molecular flexibility index (Phi) is 3.34. The van der Waals surface area contributed by atoms with Crippen LogP contribution in [0.1, 0.15) is 5.56 Å². The van der Waals surface area contributed by atoms with E-state index in [2.05, 4.69) is 36.5 Å². The Morgan fingerprint density at radius 2 is 2.00 bits per heavy atom. The van der Waals surface area contributed by atoms with E-state index in [1.807, 2.05) is 24.3 Å². The lowest BCUT2D eigenvalue weighted by atomic mass is 10.2. The topological polar surface area (TPSA) is 9.23 Å². The van der Waals surface area contributed by atoms with E-state index >= 15 is 0 Å². The molecule has 0 saturated carbocycles. The van der Waals surface area contributed by atoms with Crippen molar-refractivity contribution in [3.63, 3.8) is 0 Å². The molecule has 0 aliphatic rings. The van der Waals surface area contributed by atoms with Gasteiger partial charge >= 0.3 is 0 Å². The van der Waals surface area contributed by atoms with Crippen molar-refractivity contribution < 1.29 is 4.43 Å². The van der Waals surface area contributed by atoms with E-state index in [-0.39, 0.29) is 0 Å². The molecule has 0 unspecified atom stereocenters. The highest BCUT2D eigenvalue weighted by atomic mass is 28.4. The van der Waals surface area contributed by atoms with Crippen molar-refractivity contribution in [2.45, 2.75) is 19.6 Å². The Morgan fingerprint density at radius 3 is 2.50 bits per heavy atom. The molecular weight excluding hydrogens is 204 g/mol. The third-order valence-electron chi connectivity index (χ3n) is 1.69. The van der Waals surface area contributed by atoms with Crippen LogP contribution in [0.4, 0.5) is 0 Å². The van der Waals surface area contributed by atoms with Crippen molar-refractivity contribution in [1.29, 1.82) is 0 Å². The quantitative estimate of drug-likeness (QED) is 0.709. The van der Waals surface area contributed by atoms with Gasteiger partial charge in [0.15, 0.2) is 0 Å². The van der Waals surface area contributed by atoms with E-state index in [1.165, 1.54) is 0 Å². The molecule has 3 radical (unpaired) electrons. The molecule has 0 aromatic heterocycles. The number of rotatable bonds is 3. The molecule has 0 amide bonds. The summed E-state index contributed by atoms with van der Waals surface area (Å²) in [5, 5.41) is 0.991. The molecule has 0 aliphatic carbocycles. The first-order valence-electron chi connectivity index (χ1n) is 4.60. The fraction of sp³-hybridized carbons (Fsp3) is 0.273. The molecule has 1 aromatic rings. The van der Waals surface area contributed by atoms with Gasteiger partial charge in [-0.1, -0.05) is 24.8 Å². The zero-order valence-corrected chi connectivity index (χ0v) is 10.9. The van der Waals surface area contributed by atoms with Gasteiger partial charge in [0, 0.05) is 0 Å². The monoisotopic (exact) mass is 219 g/mol. The first-order chi connectivity index (χ1) is 6.44. The first-order valence-corrected chi connectivity index (χ1v) is 8.51. The summed E-state index contributed by atoms with van der Waals surface area (Å²) in [5.41, 5.74) is 1.07. The molecule has 0 bridgehead atoms. The molecule has 0 saturated heterocycles. The van der Waals surface area contributed by atoms with Gasteiger partial charge in [0.05, 0.1) is 10.2 Å². The summed E-state index contributed by atoms with van der Waals surface area (Å²) in [5.74, 6) is 0.915. The smallest absolute Gasteiger partial charge is 0.242 e. The third-order valence-corrected chi connectivity index (χ3v) is 3.06. The normalized spacial score (nSPS) is 11.1. The molecule has 1 aromatic carbocycles. The van der Waals surface area contributed by atoms with Crippen molar-refractivity contribution >= 4 is 29.8 Å². The molecule has 14 heavy (non-hydrogen) atoms. The van der Waals surface area contributed by atoms with Gasteiger partial charge in [-0.25, -0.2) is 0 Å². The molecule has 0 heterocycles. The van der Waals surface area contributed by atoms with Crippen LogP contribution in [-0.2, 0) is 0 Å². The van der Waals surface area contributed by atoms with E-state index in [9.17, 15) is 0 Å². The van der Waals surface area contributed by atoms with Gasteiger partial charge in [-0.05, 0) is 36.5 Å². The minimum atomic E-state index is -1.53. The van der Waals surface area contributed by atoms with Gasteiger partial charge in [-0.2, -0.15) is 0 Å². The lowest BCUT2D eigenvalue weighted by molar-refractivity contribution is 0.562. The van der Waals surface area contributed by atoms with Crippen LogP contribution < -0.4 is 9.61 Å². The first kappa shape index (κ1) is 11.3. The van der Waals surface area contributed by atoms with Crippen LogP contribution in [0.25, 0.3) is 6.08 Å². The molecule has 1 rings (SSSR count).